The second-order valence-electron chi connectivity index (χ2n) is 5.00. The number of carboxylic acid groups (broad SMARTS) is 1. The van der Waals surface area contributed by atoms with Crippen molar-refractivity contribution in [1.29, 1.82) is 0 Å². The Labute approximate surface area is 121 Å². The van der Waals surface area contributed by atoms with Gasteiger partial charge in [-0.3, -0.25) is 4.79 Å². The summed E-state index contributed by atoms with van der Waals surface area (Å²) in [5.74, 6) is -0.147. The Balaban J connectivity index is 1.93. The maximum atomic E-state index is 12.7. The molecule has 1 amide bonds. The lowest BCUT2D eigenvalue weighted by Crippen LogP contribution is -2.42. The lowest BCUT2D eigenvalue weighted by atomic mass is 9.94. The number of nitrogens with zero attached hydrogens (tertiary/aromatic N) is 1. The van der Waals surface area contributed by atoms with Crippen LogP contribution in [-0.2, 0) is 17.8 Å². The Morgan fingerprint density at radius 1 is 1.40 bits per heavy atom. The van der Waals surface area contributed by atoms with E-state index in [1.807, 2.05) is 18.2 Å². The molecule has 0 aliphatic carbocycles. The third kappa shape index (κ3) is 2.29. The van der Waals surface area contributed by atoms with E-state index in [9.17, 15) is 14.7 Å². The van der Waals surface area contributed by atoms with Gasteiger partial charge >= 0.3 is 5.97 Å². The predicted octanol–water partition coefficient (Wildman–Crippen LogP) is 0.932. The summed E-state index contributed by atoms with van der Waals surface area (Å²) in [7, 11) is 0. The quantitative estimate of drug-likeness (QED) is 0.849. The molecule has 0 aromatic heterocycles. The molecular formula is C14H16N2O3S. The molecule has 20 heavy (non-hydrogen) atoms. The summed E-state index contributed by atoms with van der Waals surface area (Å²) < 4.78 is 0. The fraction of sp³-hybridized carbons (Fsp3) is 0.429. The van der Waals surface area contributed by atoms with Crippen molar-refractivity contribution in [3.05, 3.63) is 34.9 Å². The zero-order valence-corrected chi connectivity index (χ0v) is 11.8. The standard InChI is InChI=1S/C14H16N2O3S/c17-13(16-8-20-7-12(16)14(18)19)11-3-1-2-9-6-15-5-4-10(9)11/h1-3,12,15H,4-8H2,(H,18,19). The van der Waals surface area contributed by atoms with Gasteiger partial charge in [-0.2, -0.15) is 0 Å². The van der Waals surface area contributed by atoms with Gasteiger partial charge in [0.15, 0.2) is 0 Å². The molecule has 2 aliphatic heterocycles. The highest BCUT2D eigenvalue weighted by Gasteiger charge is 2.36. The molecule has 1 fully saturated rings. The monoisotopic (exact) mass is 292 g/mol. The Morgan fingerprint density at radius 2 is 2.25 bits per heavy atom. The fourth-order valence-corrected chi connectivity index (χ4v) is 3.88. The molecule has 0 radical (unpaired) electrons. The molecule has 5 nitrogen and oxygen atoms in total. The van der Waals surface area contributed by atoms with Crippen LogP contribution in [0.4, 0.5) is 0 Å². The van der Waals surface area contributed by atoms with Crippen molar-refractivity contribution in [3.63, 3.8) is 0 Å². The first-order valence-corrected chi connectivity index (χ1v) is 7.77. The van der Waals surface area contributed by atoms with Crippen LogP contribution < -0.4 is 5.32 Å². The predicted molar refractivity (Wildman–Crippen MR) is 76.8 cm³/mol. The van der Waals surface area contributed by atoms with E-state index in [1.54, 1.807) is 0 Å². The summed E-state index contributed by atoms with van der Waals surface area (Å²) in [6, 6.07) is 5.00. The van der Waals surface area contributed by atoms with Crippen molar-refractivity contribution in [2.75, 3.05) is 18.2 Å². The van der Waals surface area contributed by atoms with E-state index in [2.05, 4.69) is 5.32 Å². The van der Waals surface area contributed by atoms with E-state index in [0.717, 1.165) is 30.6 Å². The molecule has 0 spiro atoms. The zero-order chi connectivity index (χ0) is 14.1. The zero-order valence-electron chi connectivity index (χ0n) is 11.0. The minimum absolute atomic E-state index is 0.152. The Kier molecular flexibility index (Phi) is 3.67. The van der Waals surface area contributed by atoms with E-state index >= 15 is 0 Å². The minimum Gasteiger partial charge on any atom is -0.480 e. The molecular weight excluding hydrogens is 276 g/mol. The maximum absolute atomic E-state index is 12.7. The highest BCUT2D eigenvalue weighted by molar-refractivity contribution is 7.99. The molecule has 0 saturated carbocycles. The summed E-state index contributed by atoms with van der Waals surface area (Å²) in [4.78, 5) is 25.4. The van der Waals surface area contributed by atoms with E-state index in [1.165, 1.54) is 16.7 Å². The normalized spacial score (nSPS) is 21.6. The molecule has 1 unspecified atom stereocenters. The lowest BCUT2D eigenvalue weighted by molar-refractivity contribution is -0.140. The molecule has 2 aliphatic rings. The molecule has 1 saturated heterocycles. The van der Waals surface area contributed by atoms with E-state index in [4.69, 9.17) is 0 Å². The number of fused-ring (bicyclic) bond motifs is 1. The Morgan fingerprint density at radius 3 is 3.05 bits per heavy atom. The number of rotatable bonds is 2. The van der Waals surface area contributed by atoms with E-state index < -0.39 is 12.0 Å². The summed E-state index contributed by atoms with van der Waals surface area (Å²) >= 11 is 1.49. The van der Waals surface area contributed by atoms with Gasteiger partial charge in [-0.05, 0) is 30.2 Å². The largest absolute Gasteiger partial charge is 0.480 e. The van der Waals surface area contributed by atoms with Crippen LogP contribution in [0.3, 0.4) is 0 Å². The highest BCUT2D eigenvalue weighted by atomic mass is 32.2. The van der Waals surface area contributed by atoms with Gasteiger partial charge in [-0.1, -0.05) is 12.1 Å². The van der Waals surface area contributed by atoms with E-state index in [-0.39, 0.29) is 5.91 Å². The molecule has 6 heteroatoms. The number of thioether (sulfide) groups is 1. The highest BCUT2D eigenvalue weighted by Crippen LogP contribution is 2.26. The number of aliphatic carboxylic acids is 1. The van der Waals surface area contributed by atoms with Gasteiger partial charge in [0.1, 0.15) is 6.04 Å². The first-order valence-electron chi connectivity index (χ1n) is 6.61. The second kappa shape index (κ2) is 5.46. The van der Waals surface area contributed by atoms with Gasteiger partial charge in [0.05, 0.1) is 5.88 Å². The van der Waals surface area contributed by atoms with Gasteiger partial charge in [0.2, 0.25) is 0 Å². The van der Waals surface area contributed by atoms with Crippen LogP contribution >= 0.6 is 11.8 Å². The third-order valence-corrected chi connectivity index (χ3v) is 4.81. The molecule has 1 atom stereocenters. The summed E-state index contributed by atoms with van der Waals surface area (Å²) in [6.45, 7) is 1.63. The van der Waals surface area contributed by atoms with Crippen LogP contribution in [-0.4, -0.2) is 46.1 Å². The molecule has 106 valence electrons. The second-order valence-corrected chi connectivity index (χ2v) is 6.00. The molecule has 0 bridgehead atoms. The van der Waals surface area contributed by atoms with Crippen LogP contribution in [0.25, 0.3) is 0 Å². The van der Waals surface area contributed by atoms with Crippen molar-refractivity contribution in [2.45, 2.75) is 19.0 Å². The van der Waals surface area contributed by atoms with E-state index in [0.29, 0.717) is 17.2 Å². The van der Waals surface area contributed by atoms with Gasteiger partial charge in [-0.15, -0.1) is 11.8 Å². The summed E-state index contributed by atoms with van der Waals surface area (Å²) in [5.41, 5.74) is 2.87. The molecule has 2 heterocycles. The van der Waals surface area contributed by atoms with Crippen LogP contribution in [0, 0.1) is 0 Å². The SMILES string of the molecule is O=C(O)C1CSCN1C(=O)c1cccc2c1CCNC2. The van der Waals surface area contributed by atoms with Gasteiger partial charge in [0, 0.05) is 17.9 Å². The molecule has 1 aromatic carbocycles. The maximum Gasteiger partial charge on any atom is 0.327 e. The topological polar surface area (TPSA) is 69.6 Å². The number of amides is 1. The van der Waals surface area contributed by atoms with Crippen molar-refractivity contribution in [2.24, 2.45) is 0 Å². The van der Waals surface area contributed by atoms with Gasteiger partial charge in [0.25, 0.3) is 5.91 Å². The average Bonchev–Trinajstić information content (AvgIpc) is 2.95. The van der Waals surface area contributed by atoms with Crippen LogP contribution in [0.15, 0.2) is 18.2 Å². The van der Waals surface area contributed by atoms with Crippen molar-refractivity contribution >= 4 is 23.6 Å². The van der Waals surface area contributed by atoms with Gasteiger partial charge in [-0.25, -0.2) is 4.79 Å². The number of carboxylic acids is 1. The summed E-state index contributed by atoms with van der Waals surface area (Å²) in [5, 5.41) is 12.5. The molecule has 2 N–H and O–H groups in total. The first kappa shape index (κ1) is 13.5. The Bertz CT molecular complexity index is 561. The fourth-order valence-electron chi connectivity index (χ4n) is 2.73. The van der Waals surface area contributed by atoms with Crippen molar-refractivity contribution in [3.8, 4) is 0 Å². The van der Waals surface area contributed by atoms with Gasteiger partial charge < -0.3 is 15.3 Å². The average molecular weight is 292 g/mol. The lowest BCUT2D eigenvalue weighted by Gasteiger charge is -2.25. The number of nitrogens with one attached hydrogen (secondary N) is 1. The molecule has 3 rings (SSSR count). The first-order chi connectivity index (χ1) is 9.68. The smallest absolute Gasteiger partial charge is 0.327 e. The summed E-state index contributed by atoms with van der Waals surface area (Å²) in [6.07, 6.45) is 0.815. The van der Waals surface area contributed by atoms with Crippen molar-refractivity contribution < 1.29 is 14.7 Å². The number of carbonyl (C=O) groups excluding carboxylic acids is 1. The van der Waals surface area contributed by atoms with Crippen LogP contribution in [0.5, 0.6) is 0 Å². The van der Waals surface area contributed by atoms with Crippen molar-refractivity contribution in [1.82, 2.24) is 10.2 Å². The Hall–Kier alpha value is -1.53. The number of carbonyl (C=O) groups is 2. The van der Waals surface area contributed by atoms with Crippen LogP contribution in [0.1, 0.15) is 21.5 Å². The number of benzene rings is 1. The third-order valence-electron chi connectivity index (χ3n) is 3.80. The van der Waals surface area contributed by atoms with Crippen LogP contribution in [0.2, 0.25) is 0 Å². The minimum atomic E-state index is -0.921. The number of hydrogen-bond donors (Lipinski definition) is 2. The molecule has 1 aromatic rings. The number of hydrogen-bond acceptors (Lipinski definition) is 4.